The van der Waals surface area contributed by atoms with E-state index < -0.39 is 16.6 Å². The van der Waals surface area contributed by atoms with Crippen molar-refractivity contribution in [3.05, 3.63) is 0 Å². The van der Waals surface area contributed by atoms with Crippen LogP contribution in [0.4, 0.5) is 13.2 Å². The Hall–Kier alpha value is -0.920. The van der Waals surface area contributed by atoms with Crippen LogP contribution in [-0.2, 0) is 9.59 Å². The molecule has 0 aromatic heterocycles. The summed E-state index contributed by atoms with van der Waals surface area (Å²) in [7, 11) is 0. The summed E-state index contributed by atoms with van der Waals surface area (Å²) >= 11 is -0.170. The molecular formula is C13H19F3N2O2S. The Morgan fingerprint density at radius 2 is 1.86 bits per heavy atom. The van der Waals surface area contributed by atoms with Crippen LogP contribution in [0.2, 0.25) is 0 Å². The van der Waals surface area contributed by atoms with E-state index in [4.69, 9.17) is 0 Å². The van der Waals surface area contributed by atoms with Crippen LogP contribution in [0.1, 0.15) is 33.6 Å². The zero-order chi connectivity index (χ0) is 16.1. The molecule has 1 aliphatic carbocycles. The highest BCUT2D eigenvalue weighted by atomic mass is 32.2. The Bertz CT molecular complexity index is 463. The van der Waals surface area contributed by atoms with E-state index in [9.17, 15) is 22.8 Å². The van der Waals surface area contributed by atoms with Gasteiger partial charge < -0.3 is 10.2 Å². The summed E-state index contributed by atoms with van der Waals surface area (Å²) in [4.78, 5) is 26.2. The van der Waals surface area contributed by atoms with E-state index >= 15 is 0 Å². The van der Waals surface area contributed by atoms with E-state index in [2.05, 4.69) is 5.32 Å². The van der Waals surface area contributed by atoms with Crippen molar-refractivity contribution < 1.29 is 22.8 Å². The van der Waals surface area contributed by atoms with E-state index in [1.54, 1.807) is 20.8 Å². The average molecular weight is 324 g/mol. The lowest BCUT2D eigenvalue weighted by molar-refractivity contribution is -0.160. The number of carbonyl (C=O) groups excluding carboxylic acids is 2. The van der Waals surface area contributed by atoms with Crippen molar-refractivity contribution in [1.82, 2.24) is 10.2 Å². The molecule has 1 heterocycles. The van der Waals surface area contributed by atoms with Crippen molar-refractivity contribution in [2.75, 3.05) is 12.3 Å². The highest BCUT2D eigenvalue weighted by Crippen LogP contribution is 2.43. The topological polar surface area (TPSA) is 49.4 Å². The van der Waals surface area contributed by atoms with Crippen molar-refractivity contribution in [2.45, 2.75) is 50.2 Å². The molecule has 2 rings (SSSR count). The number of nitrogens with one attached hydrogen (secondary N) is 1. The van der Waals surface area contributed by atoms with Crippen LogP contribution >= 0.6 is 11.8 Å². The molecule has 2 aliphatic rings. The first-order chi connectivity index (χ1) is 9.48. The second kappa shape index (κ2) is 5.07. The minimum atomic E-state index is -4.33. The quantitative estimate of drug-likeness (QED) is 0.862. The summed E-state index contributed by atoms with van der Waals surface area (Å²) in [5.41, 5.74) is -6.43. The highest BCUT2D eigenvalue weighted by Gasteiger charge is 2.57. The number of thioether (sulfide) groups is 1. The molecular weight excluding hydrogens is 305 g/mol. The molecule has 0 spiro atoms. The molecule has 1 N–H and O–H groups in total. The average Bonchev–Trinajstić information content (AvgIpc) is 3.14. The van der Waals surface area contributed by atoms with E-state index in [1.807, 2.05) is 0 Å². The van der Waals surface area contributed by atoms with Gasteiger partial charge in [-0.25, -0.2) is 0 Å². The van der Waals surface area contributed by atoms with Crippen LogP contribution in [-0.4, -0.2) is 45.6 Å². The number of nitrogens with zero attached hydrogens (tertiary/aromatic N) is 1. The number of rotatable bonds is 4. The summed E-state index contributed by atoms with van der Waals surface area (Å²) in [6.45, 7) is 4.70. The predicted octanol–water partition coefficient (Wildman–Crippen LogP) is 2.15. The van der Waals surface area contributed by atoms with Crippen LogP contribution in [0.25, 0.3) is 0 Å². The van der Waals surface area contributed by atoms with E-state index in [-0.39, 0.29) is 41.8 Å². The van der Waals surface area contributed by atoms with Crippen LogP contribution in [0.3, 0.4) is 0 Å². The standard InChI is InChI=1S/C13H19F3N2O2S/c1-11(2)9(19)17-12(3,8-4-5-8)10(20)18(11)6-7-21-13(14,15)16/h8H,4-7H2,1-3H3,(H,17,19). The second-order valence-electron chi connectivity index (χ2n) is 6.24. The van der Waals surface area contributed by atoms with Gasteiger partial charge in [0.05, 0.1) is 0 Å². The minimum absolute atomic E-state index is 0.0859. The normalized spacial score (nSPS) is 29.5. The van der Waals surface area contributed by atoms with Crippen LogP contribution < -0.4 is 5.32 Å². The van der Waals surface area contributed by atoms with Crippen LogP contribution in [0.15, 0.2) is 0 Å². The summed E-state index contributed by atoms with van der Waals surface area (Å²) in [6, 6.07) is 0. The zero-order valence-corrected chi connectivity index (χ0v) is 13.0. The monoisotopic (exact) mass is 324 g/mol. The van der Waals surface area contributed by atoms with E-state index in [0.29, 0.717) is 0 Å². The Kier molecular flexibility index (Phi) is 3.97. The molecule has 1 atom stereocenters. The lowest BCUT2D eigenvalue weighted by Gasteiger charge is -2.49. The first kappa shape index (κ1) is 16.5. The van der Waals surface area contributed by atoms with Gasteiger partial charge in [-0.1, -0.05) is 0 Å². The van der Waals surface area contributed by atoms with Gasteiger partial charge in [0.2, 0.25) is 11.8 Å². The molecule has 0 bridgehead atoms. The molecule has 1 unspecified atom stereocenters. The molecule has 4 nitrogen and oxygen atoms in total. The fourth-order valence-corrected chi connectivity index (χ4v) is 3.18. The molecule has 1 saturated heterocycles. The fraction of sp³-hybridized carbons (Fsp3) is 0.846. The van der Waals surface area contributed by atoms with Crippen LogP contribution in [0.5, 0.6) is 0 Å². The largest absolute Gasteiger partial charge is 0.441 e. The van der Waals surface area contributed by atoms with Gasteiger partial charge in [0.25, 0.3) is 0 Å². The van der Waals surface area contributed by atoms with Crippen molar-refractivity contribution in [2.24, 2.45) is 5.92 Å². The summed E-state index contributed by atoms with van der Waals surface area (Å²) in [5, 5.41) is 2.77. The third-order valence-corrected chi connectivity index (χ3v) is 4.98. The Labute approximate surface area is 125 Å². The molecule has 0 aromatic carbocycles. The number of alkyl halides is 3. The van der Waals surface area contributed by atoms with Gasteiger partial charge in [-0.15, -0.1) is 0 Å². The molecule has 21 heavy (non-hydrogen) atoms. The van der Waals surface area contributed by atoms with Gasteiger partial charge in [0.15, 0.2) is 0 Å². The van der Waals surface area contributed by atoms with Gasteiger partial charge in [0, 0.05) is 12.3 Å². The second-order valence-corrected chi connectivity index (χ2v) is 7.40. The van der Waals surface area contributed by atoms with Gasteiger partial charge in [0.1, 0.15) is 11.1 Å². The third kappa shape index (κ3) is 3.14. The molecule has 8 heteroatoms. The van der Waals surface area contributed by atoms with Gasteiger partial charge >= 0.3 is 5.51 Å². The first-order valence-corrected chi connectivity index (χ1v) is 7.82. The van der Waals surface area contributed by atoms with E-state index in [1.165, 1.54) is 4.90 Å². The maximum Gasteiger partial charge on any atom is 0.441 e. The zero-order valence-electron chi connectivity index (χ0n) is 12.2. The SMILES string of the molecule is CC1(C2CC2)NC(=O)C(C)(C)N(CCSC(F)(F)F)C1=O. The molecule has 0 aromatic rings. The number of hydrogen-bond acceptors (Lipinski definition) is 3. The molecule has 0 radical (unpaired) electrons. The van der Waals surface area contributed by atoms with Gasteiger partial charge in [-0.2, -0.15) is 13.2 Å². The van der Waals surface area contributed by atoms with Crippen molar-refractivity contribution in [3.8, 4) is 0 Å². The van der Waals surface area contributed by atoms with Crippen molar-refractivity contribution >= 4 is 23.6 Å². The van der Waals surface area contributed by atoms with Crippen LogP contribution in [0, 0.1) is 5.92 Å². The summed E-state index contributed by atoms with van der Waals surface area (Å²) in [5.74, 6) is -0.777. The minimum Gasteiger partial charge on any atom is -0.340 e. The lowest BCUT2D eigenvalue weighted by atomic mass is 9.85. The Morgan fingerprint density at radius 1 is 1.29 bits per heavy atom. The first-order valence-electron chi connectivity index (χ1n) is 6.84. The number of hydrogen-bond donors (Lipinski definition) is 1. The molecule has 120 valence electrons. The van der Waals surface area contributed by atoms with Gasteiger partial charge in [-0.05, 0) is 51.3 Å². The fourth-order valence-electron chi connectivity index (χ4n) is 2.67. The van der Waals surface area contributed by atoms with Crippen molar-refractivity contribution in [1.29, 1.82) is 0 Å². The number of piperazine rings is 1. The van der Waals surface area contributed by atoms with Crippen molar-refractivity contribution in [3.63, 3.8) is 0 Å². The highest BCUT2D eigenvalue weighted by molar-refractivity contribution is 8.00. The summed E-state index contributed by atoms with van der Waals surface area (Å²) < 4.78 is 36.7. The van der Waals surface area contributed by atoms with Gasteiger partial charge in [-0.3, -0.25) is 9.59 Å². The third-order valence-electron chi connectivity index (χ3n) is 4.27. The molecule has 1 aliphatic heterocycles. The molecule has 2 amide bonds. The Balaban J connectivity index is 2.14. The predicted molar refractivity (Wildman–Crippen MR) is 73.6 cm³/mol. The smallest absolute Gasteiger partial charge is 0.340 e. The number of amides is 2. The molecule has 2 fully saturated rings. The number of carbonyl (C=O) groups is 2. The Morgan fingerprint density at radius 3 is 2.33 bits per heavy atom. The number of halogens is 3. The van der Waals surface area contributed by atoms with E-state index in [0.717, 1.165) is 12.8 Å². The maximum atomic E-state index is 12.7. The summed E-state index contributed by atoms with van der Waals surface area (Å²) in [6.07, 6.45) is 1.71. The lowest BCUT2D eigenvalue weighted by Crippen LogP contribution is -2.74. The molecule has 1 saturated carbocycles. The maximum absolute atomic E-state index is 12.7.